The summed E-state index contributed by atoms with van der Waals surface area (Å²) in [5, 5.41) is 4.45. The molecule has 2 heterocycles. The number of thioether (sulfide) groups is 2. The molecule has 1 saturated heterocycles. The smallest absolute Gasteiger partial charge is 0.130 e. The number of rotatable bonds is 3. The topological polar surface area (TPSA) is 37.8 Å². The van der Waals surface area contributed by atoms with Gasteiger partial charge in [-0.25, -0.2) is 9.97 Å². The quantitative estimate of drug-likeness (QED) is 0.632. The molecular weight excluding hydrogens is 214 g/mol. The predicted octanol–water partition coefficient (Wildman–Crippen LogP) is 2.12. The molecule has 5 heteroatoms. The van der Waals surface area contributed by atoms with Crippen LogP contribution in [0.5, 0.6) is 0 Å². The summed E-state index contributed by atoms with van der Waals surface area (Å²) in [7, 11) is 0. The second-order valence-corrected chi connectivity index (χ2v) is 5.13. The number of anilines is 1. The van der Waals surface area contributed by atoms with Crippen molar-refractivity contribution in [3.63, 3.8) is 0 Å². The zero-order valence-corrected chi connectivity index (χ0v) is 9.70. The Bertz CT molecular complexity index is 300. The van der Waals surface area contributed by atoms with Gasteiger partial charge < -0.3 is 5.32 Å². The van der Waals surface area contributed by atoms with Crippen molar-refractivity contribution < 1.29 is 0 Å². The van der Waals surface area contributed by atoms with Gasteiger partial charge >= 0.3 is 0 Å². The minimum absolute atomic E-state index is 0.588. The fraction of sp³-hybridized carbons (Fsp3) is 0.556. The highest BCUT2D eigenvalue weighted by atomic mass is 32.2. The number of hydrogen-bond acceptors (Lipinski definition) is 5. The van der Waals surface area contributed by atoms with Crippen LogP contribution >= 0.6 is 23.5 Å². The first kappa shape index (κ1) is 10.1. The summed E-state index contributed by atoms with van der Waals surface area (Å²) >= 11 is 3.64. The summed E-state index contributed by atoms with van der Waals surface area (Å²) in [4.78, 5) is 8.35. The first-order chi connectivity index (χ1) is 6.88. The minimum Gasteiger partial charge on any atom is -0.366 e. The molecule has 1 N–H and O–H groups in total. The molecule has 0 aliphatic carbocycles. The highest BCUT2D eigenvalue weighted by molar-refractivity contribution is 7.99. The van der Waals surface area contributed by atoms with Crippen LogP contribution in [0.4, 0.5) is 5.82 Å². The van der Waals surface area contributed by atoms with Gasteiger partial charge in [0.2, 0.25) is 0 Å². The molecule has 1 aliphatic heterocycles. The molecule has 1 unspecified atom stereocenters. The maximum absolute atomic E-state index is 4.21. The lowest BCUT2D eigenvalue weighted by Crippen LogP contribution is -2.18. The van der Waals surface area contributed by atoms with Gasteiger partial charge in [-0.3, -0.25) is 0 Å². The first-order valence-corrected chi connectivity index (χ1v) is 6.97. The van der Waals surface area contributed by atoms with Crippen molar-refractivity contribution in [2.75, 3.05) is 23.1 Å². The SMILES string of the molecule is CSc1cc(NC2CCSC2)ncn1. The molecule has 0 amide bonds. The van der Waals surface area contributed by atoms with Gasteiger partial charge in [0.05, 0.1) is 0 Å². The third-order valence-corrected chi connectivity index (χ3v) is 3.94. The Balaban J connectivity index is 2.00. The Hall–Kier alpha value is -0.420. The number of nitrogens with one attached hydrogen (secondary N) is 1. The third-order valence-electron chi connectivity index (χ3n) is 2.13. The molecule has 0 spiro atoms. The van der Waals surface area contributed by atoms with Crippen LogP contribution in [-0.2, 0) is 0 Å². The number of hydrogen-bond donors (Lipinski definition) is 1. The lowest BCUT2D eigenvalue weighted by molar-refractivity contribution is 0.803. The van der Waals surface area contributed by atoms with Crippen LogP contribution in [0, 0.1) is 0 Å². The zero-order chi connectivity index (χ0) is 9.80. The molecule has 0 saturated carbocycles. The monoisotopic (exact) mass is 227 g/mol. The van der Waals surface area contributed by atoms with E-state index in [0.29, 0.717) is 6.04 Å². The Labute approximate surface area is 92.5 Å². The van der Waals surface area contributed by atoms with E-state index in [1.165, 1.54) is 17.9 Å². The van der Waals surface area contributed by atoms with Gasteiger partial charge in [0.1, 0.15) is 17.2 Å². The predicted molar refractivity (Wildman–Crippen MR) is 63.2 cm³/mol. The Morgan fingerprint density at radius 1 is 1.57 bits per heavy atom. The highest BCUT2D eigenvalue weighted by Gasteiger charge is 2.15. The summed E-state index contributed by atoms with van der Waals surface area (Å²) < 4.78 is 0. The molecule has 1 atom stereocenters. The Kier molecular flexibility index (Phi) is 3.53. The van der Waals surface area contributed by atoms with Crippen LogP contribution in [0.2, 0.25) is 0 Å². The molecule has 0 bridgehead atoms. The average molecular weight is 227 g/mol. The summed E-state index contributed by atoms with van der Waals surface area (Å²) in [6.45, 7) is 0. The lowest BCUT2D eigenvalue weighted by Gasteiger charge is -2.11. The molecule has 1 aromatic heterocycles. The molecule has 1 fully saturated rings. The van der Waals surface area contributed by atoms with Crippen LogP contribution < -0.4 is 5.32 Å². The van der Waals surface area contributed by atoms with Crippen molar-refractivity contribution in [3.05, 3.63) is 12.4 Å². The van der Waals surface area contributed by atoms with E-state index in [9.17, 15) is 0 Å². The fourth-order valence-electron chi connectivity index (χ4n) is 1.39. The first-order valence-electron chi connectivity index (χ1n) is 4.59. The third kappa shape index (κ3) is 2.54. The maximum atomic E-state index is 4.21. The van der Waals surface area contributed by atoms with Crippen LogP contribution in [0.25, 0.3) is 0 Å². The van der Waals surface area contributed by atoms with Gasteiger partial charge in [0, 0.05) is 17.9 Å². The van der Waals surface area contributed by atoms with E-state index in [1.807, 2.05) is 24.1 Å². The van der Waals surface area contributed by atoms with Crippen LogP contribution in [-0.4, -0.2) is 33.8 Å². The van der Waals surface area contributed by atoms with Crippen LogP contribution in [0.15, 0.2) is 17.4 Å². The van der Waals surface area contributed by atoms with Gasteiger partial charge in [-0.2, -0.15) is 11.8 Å². The summed E-state index contributed by atoms with van der Waals surface area (Å²) in [5.41, 5.74) is 0. The van der Waals surface area contributed by atoms with Gasteiger partial charge in [-0.1, -0.05) is 0 Å². The fourth-order valence-corrected chi connectivity index (χ4v) is 2.92. The van der Waals surface area contributed by atoms with E-state index < -0.39 is 0 Å². The molecule has 0 radical (unpaired) electrons. The Morgan fingerprint density at radius 3 is 3.21 bits per heavy atom. The van der Waals surface area contributed by atoms with Crippen molar-refractivity contribution >= 4 is 29.3 Å². The minimum atomic E-state index is 0.588. The lowest BCUT2D eigenvalue weighted by atomic mass is 10.2. The summed E-state index contributed by atoms with van der Waals surface area (Å²) in [6, 6.07) is 2.60. The van der Waals surface area contributed by atoms with Gasteiger partial charge in [0.25, 0.3) is 0 Å². The van der Waals surface area contributed by atoms with Crippen molar-refractivity contribution in [2.24, 2.45) is 0 Å². The Morgan fingerprint density at radius 2 is 2.50 bits per heavy atom. The van der Waals surface area contributed by atoms with Crippen LogP contribution in [0.1, 0.15) is 6.42 Å². The summed E-state index contributed by atoms with van der Waals surface area (Å²) in [5.74, 6) is 3.41. The maximum Gasteiger partial charge on any atom is 0.130 e. The number of nitrogens with zero attached hydrogens (tertiary/aromatic N) is 2. The summed E-state index contributed by atoms with van der Waals surface area (Å²) in [6.07, 6.45) is 4.89. The van der Waals surface area contributed by atoms with E-state index in [2.05, 4.69) is 15.3 Å². The van der Waals surface area contributed by atoms with Crippen molar-refractivity contribution in [3.8, 4) is 0 Å². The molecule has 1 aliphatic rings. The standard InChI is InChI=1S/C9H13N3S2/c1-13-9-4-8(10-6-11-9)12-7-2-3-14-5-7/h4,6-7H,2-3,5H2,1H3,(H,10,11,12). The van der Waals surface area contributed by atoms with E-state index >= 15 is 0 Å². The molecular formula is C9H13N3S2. The average Bonchev–Trinajstić information content (AvgIpc) is 2.71. The normalized spacial score (nSPS) is 21.1. The van der Waals surface area contributed by atoms with Gasteiger partial charge in [-0.15, -0.1) is 11.8 Å². The van der Waals surface area contributed by atoms with Crippen molar-refractivity contribution in [1.82, 2.24) is 9.97 Å². The van der Waals surface area contributed by atoms with E-state index in [0.717, 1.165) is 10.8 Å². The van der Waals surface area contributed by atoms with Gasteiger partial charge in [-0.05, 0) is 18.4 Å². The number of aromatic nitrogens is 2. The zero-order valence-electron chi connectivity index (χ0n) is 8.06. The molecule has 76 valence electrons. The molecule has 3 nitrogen and oxygen atoms in total. The largest absolute Gasteiger partial charge is 0.366 e. The van der Waals surface area contributed by atoms with Gasteiger partial charge in [0.15, 0.2) is 0 Å². The molecule has 1 aromatic rings. The van der Waals surface area contributed by atoms with Crippen molar-refractivity contribution in [1.29, 1.82) is 0 Å². The van der Waals surface area contributed by atoms with E-state index in [4.69, 9.17) is 0 Å². The van der Waals surface area contributed by atoms with Crippen LogP contribution in [0.3, 0.4) is 0 Å². The van der Waals surface area contributed by atoms with E-state index in [-0.39, 0.29) is 0 Å². The van der Waals surface area contributed by atoms with E-state index in [1.54, 1.807) is 18.1 Å². The molecule has 0 aromatic carbocycles. The molecule has 2 rings (SSSR count). The van der Waals surface area contributed by atoms with Crippen molar-refractivity contribution in [2.45, 2.75) is 17.5 Å². The highest BCUT2D eigenvalue weighted by Crippen LogP contribution is 2.21. The second kappa shape index (κ2) is 4.89. The molecule has 14 heavy (non-hydrogen) atoms. The second-order valence-electron chi connectivity index (χ2n) is 3.15.